The Kier molecular flexibility index (Phi) is 6.33. The molecule has 1 amide bonds. The molecule has 0 saturated carbocycles. The van der Waals surface area contributed by atoms with Gasteiger partial charge in [-0.2, -0.15) is 0 Å². The Hall–Kier alpha value is -1.94. The quantitative estimate of drug-likeness (QED) is 0.716. The van der Waals surface area contributed by atoms with Gasteiger partial charge >= 0.3 is 0 Å². The lowest BCUT2D eigenvalue weighted by Crippen LogP contribution is -2.40. The maximum atomic E-state index is 12.8. The number of hydrogen-bond donors (Lipinski definition) is 1. The van der Waals surface area contributed by atoms with E-state index in [4.69, 9.17) is 11.6 Å². The van der Waals surface area contributed by atoms with Gasteiger partial charge in [-0.05, 0) is 55.3 Å². The summed E-state index contributed by atoms with van der Waals surface area (Å²) >= 11 is 5.81. The second kappa shape index (κ2) is 8.43. The third-order valence-corrected chi connectivity index (χ3v) is 8.63. The molecule has 0 bridgehead atoms. The molecule has 10 heteroatoms. The first-order chi connectivity index (χ1) is 13.6. The zero-order valence-electron chi connectivity index (χ0n) is 15.7. The standard InChI is InChI=1S/C19H21ClN2O5S2/c1-14-3-2-4-17(11-14)29(26,27)21-12-19(23)22-10-9-18(13-22)28(24,25)16-7-5-15(20)6-8-16/h2-8,11,18,21H,9-10,12-13H2,1H3. The van der Waals surface area contributed by atoms with E-state index in [2.05, 4.69) is 4.72 Å². The Morgan fingerprint density at radius 3 is 2.45 bits per heavy atom. The molecule has 1 unspecified atom stereocenters. The molecule has 2 aromatic rings. The molecule has 2 aromatic carbocycles. The zero-order chi connectivity index (χ0) is 21.2. The SMILES string of the molecule is Cc1cccc(S(=O)(=O)NCC(=O)N2CCC(S(=O)(=O)c3ccc(Cl)cc3)C2)c1. The van der Waals surface area contributed by atoms with Gasteiger partial charge in [0, 0.05) is 18.1 Å². The van der Waals surface area contributed by atoms with Crippen LogP contribution in [0.15, 0.2) is 58.3 Å². The van der Waals surface area contributed by atoms with Crippen LogP contribution in [-0.4, -0.2) is 52.5 Å². The number of amides is 1. The Labute approximate surface area is 175 Å². The summed E-state index contributed by atoms with van der Waals surface area (Å²) in [6, 6.07) is 12.3. The smallest absolute Gasteiger partial charge is 0.241 e. The van der Waals surface area contributed by atoms with Gasteiger partial charge in [0.05, 0.1) is 21.6 Å². The van der Waals surface area contributed by atoms with Gasteiger partial charge in [0.25, 0.3) is 0 Å². The maximum absolute atomic E-state index is 12.8. The van der Waals surface area contributed by atoms with Crippen molar-refractivity contribution in [1.29, 1.82) is 0 Å². The molecule has 0 radical (unpaired) electrons. The summed E-state index contributed by atoms with van der Waals surface area (Å²) in [4.78, 5) is 14.0. The van der Waals surface area contributed by atoms with E-state index in [-0.39, 0.29) is 22.9 Å². The van der Waals surface area contributed by atoms with E-state index in [0.717, 1.165) is 5.56 Å². The lowest BCUT2D eigenvalue weighted by atomic mass is 10.2. The highest BCUT2D eigenvalue weighted by Crippen LogP contribution is 2.25. The largest absolute Gasteiger partial charge is 0.340 e. The van der Waals surface area contributed by atoms with Crippen molar-refractivity contribution >= 4 is 37.4 Å². The first-order valence-corrected chi connectivity index (χ1v) is 12.3. The van der Waals surface area contributed by atoms with Crippen molar-refractivity contribution in [2.24, 2.45) is 0 Å². The molecule has 1 saturated heterocycles. The highest BCUT2D eigenvalue weighted by atomic mass is 35.5. The summed E-state index contributed by atoms with van der Waals surface area (Å²) in [5.41, 5.74) is 0.786. The molecule has 29 heavy (non-hydrogen) atoms. The molecule has 7 nitrogen and oxygen atoms in total. The number of likely N-dealkylation sites (tertiary alicyclic amines) is 1. The summed E-state index contributed by atoms with van der Waals surface area (Å²) in [5.74, 6) is -0.463. The van der Waals surface area contributed by atoms with Crippen LogP contribution in [0.2, 0.25) is 5.02 Å². The number of sulfonamides is 1. The van der Waals surface area contributed by atoms with Crippen LogP contribution in [0, 0.1) is 6.92 Å². The molecule has 0 spiro atoms. The van der Waals surface area contributed by atoms with Gasteiger partial charge in [0.15, 0.2) is 9.84 Å². The van der Waals surface area contributed by atoms with Crippen LogP contribution in [0.1, 0.15) is 12.0 Å². The van der Waals surface area contributed by atoms with Crippen molar-refractivity contribution in [2.45, 2.75) is 28.4 Å². The Morgan fingerprint density at radius 2 is 1.79 bits per heavy atom. The van der Waals surface area contributed by atoms with Crippen LogP contribution < -0.4 is 4.72 Å². The molecule has 1 heterocycles. The van der Waals surface area contributed by atoms with E-state index in [1.165, 1.54) is 41.3 Å². The summed E-state index contributed by atoms with van der Waals surface area (Å²) in [7, 11) is -7.43. The molecule has 0 aliphatic carbocycles. The van der Waals surface area contributed by atoms with Crippen molar-refractivity contribution in [3.63, 3.8) is 0 Å². The van der Waals surface area contributed by atoms with Crippen LogP contribution in [-0.2, 0) is 24.7 Å². The highest BCUT2D eigenvalue weighted by Gasteiger charge is 2.36. The fraction of sp³-hybridized carbons (Fsp3) is 0.316. The fourth-order valence-electron chi connectivity index (χ4n) is 3.16. The second-order valence-electron chi connectivity index (χ2n) is 6.89. The number of benzene rings is 2. The van der Waals surface area contributed by atoms with E-state index in [1.54, 1.807) is 19.1 Å². The monoisotopic (exact) mass is 456 g/mol. The predicted octanol–water partition coefficient (Wildman–Crippen LogP) is 2.00. The summed E-state index contributed by atoms with van der Waals surface area (Å²) in [6.45, 7) is 1.62. The normalized spacial score (nSPS) is 17.4. The second-order valence-corrected chi connectivity index (χ2v) is 11.3. The van der Waals surface area contributed by atoms with Crippen molar-refractivity contribution in [3.8, 4) is 0 Å². The molecule has 1 N–H and O–H groups in total. The molecule has 1 aliphatic rings. The molecule has 0 aromatic heterocycles. The van der Waals surface area contributed by atoms with Gasteiger partial charge in [0.1, 0.15) is 0 Å². The number of nitrogens with one attached hydrogen (secondary N) is 1. The summed E-state index contributed by atoms with van der Waals surface area (Å²) < 4.78 is 52.5. The number of nitrogens with zero attached hydrogens (tertiary/aromatic N) is 1. The predicted molar refractivity (Wildman–Crippen MR) is 110 cm³/mol. The van der Waals surface area contributed by atoms with Gasteiger partial charge in [-0.1, -0.05) is 23.7 Å². The van der Waals surface area contributed by atoms with Gasteiger partial charge in [-0.15, -0.1) is 0 Å². The van der Waals surface area contributed by atoms with E-state index >= 15 is 0 Å². The minimum atomic E-state index is -3.82. The van der Waals surface area contributed by atoms with Crippen LogP contribution in [0.5, 0.6) is 0 Å². The molecule has 3 rings (SSSR count). The average molecular weight is 457 g/mol. The van der Waals surface area contributed by atoms with Crippen LogP contribution >= 0.6 is 11.6 Å². The lowest BCUT2D eigenvalue weighted by Gasteiger charge is -2.17. The number of hydrogen-bond acceptors (Lipinski definition) is 5. The minimum absolute atomic E-state index is 0.0238. The average Bonchev–Trinajstić information content (AvgIpc) is 3.18. The number of carbonyl (C=O) groups excluding carboxylic acids is 1. The molecule has 1 fully saturated rings. The molecule has 1 atom stereocenters. The molecule has 1 aliphatic heterocycles. The van der Waals surface area contributed by atoms with Crippen LogP contribution in [0.25, 0.3) is 0 Å². The van der Waals surface area contributed by atoms with Crippen molar-refractivity contribution in [2.75, 3.05) is 19.6 Å². The van der Waals surface area contributed by atoms with Gasteiger partial charge in [0.2, 0.25) is 15.9 Å². The van der Waals surface area contributed by atoms with E-state index in [9.17, 15) is 21.6 Å². The minimum Gasteiger partial charge on any atom is -0.340 e. The number of sulfone groups is 1. The lowest BCUT2D eigenvalue weighted by molar-refractivity contribution is -0.128. The Morgan fingerprint density at radius 1 is 1.10 bits per heavy atom. The van der Waals surface area contributed by atoms with E-state index in [0.29, 0.717) is 11.4 Å². The number of aryl methyl sites for hydroxylation is 1. The first kappa shape index (κ1) is 21.8. The number of carbonyl (C=O) groups is 1. The summed E-state index contributed by atoms with van der Waals surface area (Å²) in [6.07, 6.45) is 0.293. The molecular weight excluding hydrogens is 436 g/mol. The van der Waals surface area contributed by atoms with Gasteiger partial charge < -0.3 is 4.90 Å². The first-order valence-electron chi connectivity index (χ1n) is 8.93. The highest BCUT2D eigenvalue weighted by molar-refractivity contribution is 7.92. The van der Waals surface area contributed by atoms with Crippen molar-refractivity contribution in [3.05, 3.63) is 59.1 Å². The maximum Gasteiger partial charge on any atom is 0.241 e. The zero-order valence-corrected chi connectivity index (χ0v) is 18.1. The van der Waals surface area contributed by atoms with Crippen LogP contribution in [0.3, 0.4) is 0 Å². The molecule has 156 valence electrons. The molecular formula is C19H21ClN2O5S2. The van der Waals surface area contributed by atoms with Gasteiger partial charge in [-0.3, -0.25) is 4.79 Å². The Bertz CT molecular complexity index is 1120. The number of rotatable bonds is 6. The van der Waals surface area contributed by atoms with Crippen molar-refractivity contribution in [1.82, 2.24) is 9.62 Å². The van der Waals surface area contributed by atoms with Gasteiger partial charge in [-0.25, -0.2) is 21.6 Å². The fourth-order valence-corrected chi connectivity index (χ4v) is 6.06. The van der Waals surface area contributed by atoms with E-state index < -0.39 is 37.6 Å². The van der Waals surface area contributed by atoms with Crippen molar-refractivity contribution < 1.29 is 21.6 Å². The van der Waals surface area contributed by atoms with E-state index in [1.807, 2.05) is 0 Å². The Balaban J connectivity index is 1.63. The number of halogens is 1. The third-order valence-electron chi connectivity index (χ3n) is 4.79. The summed E-state index contributed by atoms with van der Waals surface area (Å²) in [5, 5.41) is -0.297. The topological polar surface area (TPSA) is 101 Å². The van der Waals surface area contributed by atoms with Crippen LogP contribution in [0.4, 0.5) is 0 Å². The third kappa shape index (κ3) is 4.98.